The summed E-state index contributed by atoms with van der Waals surface area (Å²) >= 11 is 0. The molecule has 94 valence electrons. The molecule has 1 heterocycles. The van der Waals surface area contributed by atoms with Gasteiger partial charge in [-0.1, -0.05) is 37.3 Å². The van der Waals surface area contributed by atoms with Crippen LogP contribution in [0.15, 0.2) is 48.7 Å². The van der Waals surface area contributed by atoms with Gasteiger partial charge in [-0.25, -0.2) is 4.79 Å². The molecule has 0 atom stereocenters. The average Bonchev–Trinajstić information content (AvgIpc) is 2.91. The van der Waals surface area contributed by atoms with E-state index in [0.717, 1.165) is 23.8 Å². The van der Waals surface area contributed by atoms with Gasteiger partial charge in [0, 0.05) is 12.3 Å². The van der Waals surface area contributed by atoms with E-state index in [-0.39, 0.29) is 0 Å². The van der Waals surface area contributed by atoms with E-state index in [1.807, 2.05) is 42.6 Å². The highest BCUT2D eigenvalue weighted by atomic mass is 16.4. The van der Waals surface area contributed by atoms with Crippen LogP contribution in [0.2, 0.25) is 0 Å². The molecule has 0 aliphatic rings. The van der Waals surface area contributed by atoms with E-state index < -0.39 is 5.97 Å². The van der Waals surface area contributed by atoms with Crippen LogP contribution in [-0.4, -0.2) is 21.3 Å². The van der Waals surface area contributed by atoms with Gasteiger partial charge in [-0.2, -0.15) is 5.10 Å². The molecule has 0 amide bonds. The van der Waals surface area contributed by atoms with Crippen LogP contribution in [0.3, 0.4) is 0 Å². The largest absolute Gasteiger partial charge is 0.478 e. The number of nitrogens with zero attached hydrogens (tertiary/aromatic N) is 1. The maximum atomic E-state index is 10.1. The van der Waals surface area contributed by atoms with Crippen molar-refractivity contribution in [2.24, 2.45) is 0 Å². The quantitative estimate of drug-likeness (QED) is 0.816. The molecule has 1 aromatic heterocycles. The second-order valence-corrected chi connectivity index (χ2v) is 3.50. The highest BCUT2D eigenvalue weighted by molar-refractivity contribution is 5.85. The lowest BCUT2D eigenvalue weighted by Crippen LogP contribution is -1.85. The lowest BCUT2D eigenvalue weighted by molar-refractivity contribution is -0.131. The summed E-state index contributed by atoms with van der Waals surface area (Å²) < 4.78 is 0. The Morgan fingerprint density at radius 2 is 2.06 bits per heavy atom. The Hall–Kier alpha value is -2.36. The number of hydrogen-bond acceptors (Lipinski definition) is 2. The summed E-state index contributed by atoms with van der Waals surface area (Å²) in [6.07, 6.45) is 5.53. The average molecular weight is 244 g/mol. The van der Waals surface area contributed by atoms with Crippen LogP contribution in [0.1, 0.15) is 18.2 Å². The number of hydrogen-bond donors (Lipinski definition) is 2. The van der Waals surface area contributed by atoms with E-state index in [4.69, 9.17) is 5.11 Å². The van der Waals surface area contributed by atoms with E-state index >= 15 is 0 Å². The zero-order valence-corrected chi connectivity index (χ0v) is 10.2. The van der Waals surface area contributed by atoms with Crippen molar-refractivity contribution in [2.75, 3.05) is 0 Å². The van der Waals surface area contributed by atoms with Gasteiger partial charge in [-0.15, -0.1) is 0 Å². The topological polar surface area (TPSA) is 66.0 Å². The summed E-state index contributed by atoms with van der Waals surface area (Å²) in [5.74, 6) is -0.922. The fraction of sp³-hybridized carbons (Fsp3) is 0.143. The molecular weight excluding hydrogens is 228 g/mol. The number of H-pyrrole nitrogens is 1. The third-order valence-corrected chi connectivity index (χ3v) is 2.14. The Balaban J connectivity index is 0.000000199. The predicted molar refractivity (Wildman–Crippen MR) is 71.1 cm³/mol. The zero-order valence-electron chi connectivity index (χ0n) is 10.2. The van der Waals surface area contributed by atoms with E-state index in [1.165, 1.54) is 0 Å². The van der Waals surface area contributed by atoms with Gasteiger partial charge >= 0.3 is 5.97 Å². The van der Waals surface area contributed by atoms with Crippen molar-refractivity contribution >= 4 is 12.0 Å². The Labute approximate surface area is 106 Å². The number of carbonyl (C=O) groups is 1. The molecule has 0 aliphatic heterocycles. The smallest absolute Gasteiger partial charge is 0.328 e. The molecular formula is C14H16N2O2. The Bertz CT molecular complexity index is 476. The summed E-state index contributed by atoms with van der Waals surface area (Å²) in [6.45, 7) is 2.08. The molecule has 0 unspecified atom stereocenters. The van der Waals surface area contributed by atoms with Gasteiger partial charge in [-0.3, -0.25) is 5.10 Å². The molecule has 0 saturated carbocycles. The minimum Gasteiger partial charge on any atom is -0.478 e. The van der Waals surface area contributed by atoms with Gasteiger partial charge in [0.25, 0.3) is 0 Å². The number of aryl methyl sites for hydroxylation is 1. The first kappa shape index (κ1) is 13.7. The van der Waals surface area contributed by atoms with Gasteiger partial charge in [0.2, 0.25) is 0 Å². The van der Waals surface area contributed by atoms with Gasteiger partial charge in [-0.05, 0) is 24.1 Å². The van der Waals surface area contributed by atoms with Crippen molar-refractivity contribution in [3.05, 3.63) is 59.9 Å². The van der Waals surface area contributed by atoms with Crippen LogP contribution in [0.4, 0.5) is 0 Å². The molecule has 2 aromatic rings. The monoisotopic (exact) mass is 244 g/mol. The molecule has 0 radical (unpaired) electrons. The molecule has 4 nitrogen and oxygen atoms in total. The standard InChI is InChI=1S/C9H8O2.C5H8N2/c10-9(11)7-6-8-4-2-1-3-5-8;1-2-5-3-4-6-7-5/h1-7H,(H,10,11);3-4H,2H2,1H3,(H,6,7). The number of aromatic nitrogens is 2. The molecule has 18 heavy (non-hydrogen) atoms. The predicted octanol–water partition coefficient (Wildman–Crippen LogP) is 2.76. The maximum Gasteiger partial charge on any atom is 0.328 e. The van der Waals surface area contributed by atoms with Crippen LogP contribution in [0.5, 0.6) is 0 Å². The van der Waals surface area contributed by atoms with Crippen molar-refractivity contribution < 1.29 is 9.90 Å². The van der Waals surface area contributed by atoms with Crippen molar-refractivity contribution in [3.8, 4) is 0 Å². The van der Waals surface area contributed by atoms with Gasteiger partial charge < -0.3 is 5.11 Å². The van der Waals surface area contributed by atoms with Gasteiger partial charge in [0.1, 0.15) is 0 Å². The minimum atomic E-state index is -0.922. The van der Waals surface area contributed by atoms with Gasteiger partial charge in [0.05, 0.1) is 5.69 Å². The third kappa shape index (κ3) is 5.65. The van der Waals surface area contributed by atoms with Crippen LogP contribution in [-0.2, 0) is 11.2 Å². The highest BCUT2D eigenvalue weighted by Gasteiger charge is 1.86. The van der Waals surface area contributed by atoms with Crippen LogP contribution < -0.4 is 0 Å². The first-order chi connectivity index (χ1) is 8.72. The van der Waals surface area contributed by atoms with E-state index in [2.05, 4.69) is 17.1 Å². The number of nitrogens with one attached hydrogen (secondary N) is 1. The SMILES string of the molecule is CCc1cc[nH]n1.O=C(O)C=Cc1ccccc1. The summed E-state index contributed by atoms with van der Waals surface area (Å²) in [7, 11) is 0. The number of aromatic amines is 1. The molecule has 0 saturated heterocycles. The minimum absolute atomic E-state index is 0.898. The van der Waals surface area contributed by atoms with Crippen molar-refractivity contribution in [1.29, 1.82) is 0 Å². The number of carboxylic acids is 1. The number of rotatable bonds is 3. The number of carboxylic acid groups (broad SMARTS) is 1. The van der Waals surface area contributed by atoms with Crippen molar-refractivity contribution in [2.45, 2.75) is 13.3 Å². The first-order valence-electron chi connectivity index (χ1n) is 5.67. The molecule has 4 heteroatoms. The van der Waals surface area contributed by atoms with Crippen LogP contribution in [0, 0.1) is 0 Å². The summed E-state index contributed by atoms with van der Waals surface area (Å²) in [5.41, 5.74) is 2.02. The number of benzene rings is 1. The highest BCUT2D eigenvalue weighted by Crippen LogP contribution is 1.99. The molecule has 0 aliphatic carbocycles. The summed E-state index contributed by atoms with van der Waals surface area (Å²) in [4.78, 5) is 10.1. The third-order valence-electron chi connectivity index (χ3n) is 2.14. The molecule has 0 spiro atoms. The summed E-state index contributed by atoms with van der Waals surface area (Å²) in [5, 5.41) is 14.9. The van der Waals surface area contributed by atoms with Crippen molar-refractivity contribution in [1.82, 2.24) is 10.2 Å². The first-order valence-corrected chi connectivity index (χ1v) is 5.67. The Kier molecular flexibility index (Phi) is 5.97. The van der Waals surface area contributed by atoms with E-state index in [0.29, 0.717) is 0 Å². The fourth-order valence-electron chi connectivity index (χ4n) is 1.22. The summed E-state index contributed by atoms with van der Waals surface area (Å²) in [6, 6.07) is 11.3. The zero-order chi connectivity index (χ0) is 13.2. The lowest BCUT2D eigenvalue weighted by atomic mass is 10.2. The molecule has 2 N–H and O–H groups in total. The second-order valence-electron chi connectivity index (χ2n) is 3.50. The second kappa shape index (κ2) is 7.84. The maximum absolute atomic E-state index is 10.1. The molecule has 2 rings (SSSR count). The Morgan fingerprint density at radius 3 is 2.50 bits per heavy atom. The van der Waals surface area contributed by atoms with E-state index in [9.17, 15) is 4.79 Å². The molecule has 0 bridgehead atoms. The molecule has 0 fully saturated rings. The Morgan fingerprint density at radius 1 is 1.33 bits per heavy atom. The van der Waals surface area contributed by atoms with E-state index in [1.54, 1.807) is 6.08 Å². The van der Waals surface area contributed by atoms with Crippen molar-refractivity contribution in [3.63, 3.8) is 0 Å². The number of aliphatic carboxylic acids is 1. The van der Waals surface area contributed by atoms with Crippen LogP contribution in [0.25, 0.3) is 6.08 Å². The normalized spacial score (nSPS) is 9.83. The van der Waals surface area contributed by atoms with Gasteiger partial charge in [0.15, 0.2) is 0 Å². The lowest BCUT2D eigenvalue weighted by Gasteiger charge is -1.87. The van der Waals surface area contributed by atoms with Crippen LogP contribution >= 0.6 is 0 Å². The molecule has 1 aromatic carbocycles. The fourth-order valence-corrected chi connectivity index (χ4v) is 1.22.